The van der Waals surface area contributed by atoms with E-state index in [1.54, 1.807) is 0 Å². The van der Waals surface area contributed by atoms with Crippen molar-refractivity contribution >= 4 is 0 Å². The third kappa shape index (κ3) is 3.50. The molecule has 0 aromatic rings. The van der Waals surface area contributed by atoms with E-state index in [-0.39, 0.29) is 5.60 Å². The lowest BCUT2D eigenvalue weighted by Gasteiger charge is -2.41. The minimum atomic E-state index is 0.0681. The number of ether oxygens (including phenoxy) is 2. The maximum Gasteiger partial charge on any atom is 0.0939 e. The van der Waals surface area contributed by atoms with Crippen molar-refractivity contribution in [3.63, 3.8) is 0 Å². The zero-order valence-corrected chi connectivity index (χ0v) is 12.3. The van der Waals surface area contributed by atoms with Crippen molar-refractivity contribution in [1.82, 2.24) is 5.32 Å². The van der Waals surface area contributed by atoms with Gasteiger partial charge >= 0.3 is 0 Å². The molecular weight excluding hydrogens is 238 g/mol. The average Bonchev–Trinajstić information content (AvgIpc) is 3.15. The molecule has 3 nitrogen and oxygen atoms in total. The summed E-state index contributed by atoms with van der Waals surface area (Å²) in [6, 6.07) is 0.717. The normalized spacial score (nSPS) is 36.8. The molecule has 3 atom stereocenters. The van der Waals surface area contributed by atoms with Gasteiger partial charge in [-0.15, -0.1) is 0 Å². The predicted molar refractivity (Wildman–Crippen MR) is 76.3 cm³/mol. The van der Waals surface area contributed by atoms with Gasteiger partial charge in [0.1, 0.15) is 0 Å². The predicted octanol–water partition coefficient (Wildman–Crippen LogP) is 2.74. The zero-order valence-electron chi connectivity index (χ0n) is 12.3. The Labute approximate surface area is 117 Å². The molecule has 2 heterocycles. The van der Waals surface area contributed by atoms with Gasteiger partial charge in [-0.3, -0.25) is 0 Å². The van der Waals surface area contributed by atoms with Crippen LogP contribution in [0.4, 0.5) is 0 Å². The molecule has 3 heteroatoms. The van der Waals surface area contributed by atoms with Crippen molar-refractivity contribution in [1.29, 1.82) is 0 Å². The molecule has 0 aromatic heterocycles. The summed E-state index contributed by atoms with van der Waals surface area (Å²) in [5, 5.41) is 3.82. The van der Waals surface area contributed by atoms with Gasteiger partial charge in [0.05, 0.1) is 12.2 Å². The second-order valence-electron chi connectivity index (χ2n) is 6.83. The molecule has 1 N–H and O–H groups in total. The van der Waals surface area contributed by atoms with Crippen LogP contribution < -0.4 is 5.32 Å². The van der Waals surface area contributed by atoms with E-state index < -0.39 is 0 Å². The SMILES string of the molecule is CCCNC(CC1CC1)C1CCOC2(CCOC2)C1. The van der Waals surface area contributed by atoms with Crippen molar-refractivity contribution in [2.75, 3.05) is 26.4 Å². The number of hydrogen-bond donors (Lipinski definition) is 1. The fourth-order valence-electron chi connectivity index (χ4n) is 3.76. The van der Waals surface area contributed by atoms with E-state index in [4.69, 9.17) is 9.47 Å². The Bertz CT molecular complexity index is 284. The van der Waals surface area contributed by atoms with Crippen LogP contribution in [0.1, 0.15) is 51.9 Å². The Balaban J connectivity index is 1.59. The highest BCUT2D eigenvalue weighted by molar-refractivity contribution is 4.95. The molecule has 3 unspecified atom stereocenters. The Hall–Kier alpha value is -0.120. The summed E-state index contributed by atoms with van der Waals surface area (Å²) >= 11 is 0. The van der Waals surface area contributed by atoms with Gasteiger partial charge in [-0.2, -0.15) is 0 Å². The van der Waals surface area contributed by atoms with Crippen LogP contribution >= 0.6 is 0 Å². The van der Waals surface area contributed by atoms with Crippen LogP contribution in [-0.4, -0.2) is 38.0 Å². The number of rotatable bonds is 6. The standard InChI is InChI=1S/C16H29NO2/c1-2-7-17-15(10-13-3-4-13)14-5-8-19-16(11-14)6-9-18-12-16/h13-15,17H,2-12H2,1H3. The molecule has 3 rings (SSSR count). The van der Waals surface area contributed by atoms with Crippen molar-refractivity contribution in [2.45, 2.75) is 63.5 Å². The second-order valence-corrected chi connectivity index (χ2v) is 6.83. The molecule has 19 heavy (non-hydrogen) atoms. The van der Waals surface area contributed by atoms with Gasteiger partial charge in [-0.25, -0.2) is 0 Å². The minimum Gasteiger partial charge on any atom is -0.378 e. The molecule has 3 aliphatic rings. The first kappa shape index (κ1) is 13.8. The summed E-state index contributed by atoms with van der Waals surface area (Å²) in [7, 11) is 0. The van der Waals surface area contributed by atoms with E-state index in [1.165, 1.54) is 38.5 Å². The minimum absolute atomic E-state index is 0.0681. The highest BCUT2D eigenvalue weighted by atomic mass is 16.6. The van der Waals surface area contributed by atoms with E-state index >= 15 is 0 Å². The summed E-state index contributed by atoms with van der Waals surface area (Å²) < 4.78 is 11.7. The van der Waals surface area contributed by atoms with Crippen LogP contribution in [-0.2, 0) is 9.47 Å². The Morgan fingerprint density at radius 1 is 1.26 bits per heavy atom. The summed E-state index contributed by atoms with van der Waals surface area (Å²) in [6.07, 6.45) is 9.09. The molecule has 2 aliphatic heterocycles. The first-order chi connectivity index (χ1) is 9.31. The second kappa shape index (κ2) is 6.11. The largest absolute Gasteiger partial charge is 0.378 e. The maximum atomic E-state index is 6.08. The van der Waals surface area contributed by atoms with Gasteiger partial charge in [-0.1, -0.05) is 19.8 Å². The van der Waals surface area contributed by atoms with Gasteiger partial charge in [0.2, 0.25) is 0 Å². The van der Waals surface area contributed by atoms with Crippen LogP contribution in [0.5, 0.6) is 0 Å². The van der Waals surface area contributed by atoms with Gasteiger partial charge in [0, 0.05) is 25.7 Å². The van der Waals surface area contributed by atoms with Crippen molar-refractivity contribution in [2.24, 2.45) is 11.8 Å². The summed E-state index contributed by atoms with van der Waals surface area (Å²) in [6.45, 7) is 6.08. The van der Waals surface area contributed by atoms with Gasteiger partial charge in [0.15, 0.2) is 0 Å². The molecule has 0 amide bonds. The first-order valence-electron chi connectivity index (χ1n) is 8.26. The van der Waals surface area contributed by atoms with Crippen molar-refractivity contribution in [3.05, 3.63) is 0 Å². The molecular formula is C16H29NO2. The van der Waals surface area contributed by atoms with Crippen LogP contribution in [0.15, 0.2) is 0 Å². The van der Waals surface area contributed by atoms with Crippen molar-refractivity contribution in [3.8, 4) is 0 Å². The van der Waals surface area contributed by atoms with Crippen LogP contribution in [0.25, 0.3) is 0 Å². The zero-order chi connectivity index (χ0) is 13.1. The van der Waals surface area contributed by atoms with Crippen LogP contribution in [0, 0.1) is 11.8 Å². The molecule has 1 spiro atoms. The number of nitrogens with one attached hydrogen (secondary N) is 1. The van der Waals surface area contributed by atoms with Crippen molar-refractivity contribution < 1.29 is 9.47 Å². The molecule has 0 bridgehead atoms. The van der Waals surface area contributed by atoms with E-state index in [0.29, 0.717) is 6.04 Å². The maximum absolute atomic E-state index is 6.08. The monoisotopic (exact) mass is 267 g/mol. The smallest absolute Gasteiger partial charge is 0.0939 e. The van der Waals surface area contributed by atoms with E-state index in [9.17, 15) is 0 Å². The highest BCUT2D eigenvalue weighted by Crippen LogP contribution is 2.41. The van der Waals surface area contributed by atoms with Crippen LogP contribution in [0.3, 0.4) is 0 Å². The van der Waals surface area contributed by atoms with Gasteiger partial charge in [0.25, 0.3) is 0 Å². The quantitative estimate of drug-likeness (QED) is 0.802. The summed E-state index contributed by atoms with van der Waals surface area (Å²) in [4.78, 5) is 0. The van der Waals surface area contributed by atoms with E-state index in [1.807, 2.05) is 0 Å². The summed E-state index contributed by atoms with van der Waals surface area (Å²) in [5.74, 6) is 1.80. The Morgan fingerprint density at radius 2 is 2.16 bits per heavy atom. The lowest BCUT2D eigenvalue weighted by molar-refractivity contribution is -0.103. The lowest BCUT2D eigenvalue weighted by atomic mass is 9.79. The molecule has 0 radical (unpaired) electrons. The Morgan fingerprint density at radius 3 is 2.84 bits per heavy atom. The number of hydrogen-bond acceptors (Lipinski definition) is 3. The van der Waals surface area contributed by atoms with Gasteiger partial charge < -0.3 is 14.8 Å². The fourth-order valence-corrected chi connectivity index (χ4v) is 3.76. The molecule has 3 fully saturated rings. The average molecular weight is 267 g/mol. The molecule has 110 valence electrons. The van der Waals surface area contributed by atoms with E-state index in [0.717, 1.165) is 44.6 Å². The lowest BCUT2D eigenvalue weighted by Crippen LogP contribution is -2.47. The molecule has 2 saturated heterocycles. The topological polar surface area (TPSA) is 30.5 Å². The first-order valence-corrected chi connectivity index (χ1v) is 8.26. The third-order valence-corrected chi connectivity index (χ3v) is 5.11. The van der Waals surface area contributed by atoms with Gasteiger partial charge in [-0.05, 0) is 44.1 Å². The van der Waals surface area contributed by atoms with Crippen LogP contribution in [0.2, 0.25) is 0 Å². The van der Waals surface area contributed by atoms with E-state index in [2.05, 4.69) is 12.2 Å². The molecule has 1 aliphatic carbocycles. The highest BCUT2D eigenvalue weighted by Gasteiger charge is 2.43. The summed E-state index contributed by atoms with van der Waals surface area (Å²) in [5.41, 5.74) is 0.0681. The fraction of sp³-hybridized carbons (Fsp3) is 1.00. The third-order valence-electron chi connectivity index (χ3n) is 5.11. The Kier molecular flexibility index (Phi) is 4.45. The molecule has 0 aromatic carbocycles. The molecule has 1 saturated carbocycles.